The summed E-state index contributed by atoms with van der Waals surface area (Å²) in [5.41, 5.74) is 1.32. The smallest absolute Gasteiger partial charge is 0.254 e. The molecule has 0 amide bonds. The number of hydrogen-bond acceptors (Lipinski definition) is 6. The van der Waals surface area contributed by atoms with Gasteiger partial charge in [-0.2, -0.15) is 0 Å². The van der Waals surface area contributed by atoms with Crippen LogP contribution in [0.5, 0.6) is 0 Å². The summed E-state index contributed by atoms with van der Waals surface area (Å²) >= 11 is 20.8. The first-order valence-corrected chi connectivity index (χ1v) is 40.3. The Kier molecular flexibility index (Phi) is 61.5. The number of hydrogen-bond donors (Lipinski definition) is 0. The third-order valence-corrected chi connectivity index (χ3v) is 22.1. The molecular formula is C72H132Cl2O2S4. The summed E-state index contributed by atoms with van der Waals surface area (Å²) in [5.74, 6) is 3.69. The molecule has 0 atom stereocenters. The molecule has 0 aliphatic carbocycles. The van der Waals surface area contributed by atoms with Crippen LogP contribution in [-0.2, 0) is 0 Å². The van der Waals surface area contributed by atoms with Gasteiger partial charge in [0.25, 0.3) is 10.5 Å². The molecular weight excluding hydrogens is 1100 g/mol. The SMILES string of the molecule is CCCCCCCCCCCCCCCCSc1c(SCCCCCCCCCCCCCCCC)c(C(=O)Cl)c(SCCCCCCCCCCCCCCCC)c(SCCCCCCCCCCCCCCCC)c1C(=O)Cl. The van der Waals surface area contributed by atoms with Gasteiger partial charge >= 0.3 is 0 Å². The first kappa shape index (κ1) is 78.6. The molecule has 2 nitrogen and oxygen atoms in total. The van der Waals surface area contributed by atoms with Crippen molar-refractivity contribution in [1.82, 2.24) is 0 Å². The van der Waals surface area contributed by atoms with Crippen LogP contribution in [0.1, 0.15) is 408 Å². The normalized spacial score (nSPS) is 11.7. The van der Waals surface area contributed by atoms with Crippen LogP contribution in [0.15, 0.2) is 19.6 Å². The Hall–Kier alpha value is 0.540. The number of benzene rings is 1. The van der Waals surface area contributed by atoms with Crippen molar-refractivity contribution in [3.63, 3.8) is 0 Å². The maximum Gasteiger partial charge on any atom is 0.254 e. The minimum atomic E-state index is -0.373. The molecule has 0 heterocycles. The fourth-order valence-electron chi connectivity index (χ4n) is 11.5. The van der Waals surface area contributed by atoms with Crippen LogP contribution < -0.4 is 0 Å². The van der Waals surface area contributed by atoms with Crippen molar-refractivity contribution in [2.45, 2.75) is 407 Å². The Morgan fingerprint density at radius 2 is 0.325 bits per heavy atom. The first-order chi connectivity index (χ1) is 39.4. The van der Waals surface area contributed by atoms with Crippen molar-refractivity contribution in [2.75, 3.05) is 23.0 Å². The van der Waals surface area contributed by atoms with Crippen LogP contribution in [0.25, 0.3) is 0 Å². The molecule has 0 saturated carbocycles. The van der Waals surface area contributed by atoms with E-state index in [0.717, 1.165) is 68.3 Å². The molecule has 8 heteroatoms. The average molecular weight is 1230 g/mol. The maximum atomic E-state index is 14.0. The molecule has 1 aromatic carbocycles. The lowest BCUT2D eigenvalue weighted by Crippen LogP contribution is -2.09. The monoisotopic (exact) mass is 1230 g/mol. The van der Waals surface area contributed by atoms with Gasteiger partial charge < -0.3 is 0 Å². The van der Waals surface area contributed by atoms with Gasteiger partial charge in [0.2, 0.25) is 0 Å². The van der Waals surface area contributed by atoms with Gasteiger partial charge in [-0.3, -0.25) is 9.59 Å². The van der Waals surface area contributed by atoms with Gasteiger partial charge in [0.15, 0.2) is 0 Å². The molecule has 0 bridgehead atoms. The summed E-state index contributed by atoms with van der Waals surface area (Å²) in [6, 6.07) is 0. The Bertz CT molecular complexity index is 1300. The summed E-state index contributed by atoms with van der Waals surface area (Å²) in [7, 11) is 0. The predicted molar refractivity (Wildman–Crippen MR) is 371 cm³/mol. The Morgan fingerprint density at radius 1 is 0.212 bits per heavy atom. The van der Waals surface area contributed by atoms with E-state index in [1.165, 1.54) is 334 Å². The summed E-state index contributed by atoms with van der Waals surface area (Å²) in [6.07, 6.45) is 74.9. The molecule has 0 unspecified atom stereocenters. The van der Waals surface area contributed by atoms with E-state index in [2.05, 4.69) is 27.7 Å². The Labute approximate surface area is 527 Å². The Balaban J connectivity index is 3.12. The highest BCUT2D eigenvalue weighted by molar-refractivity contribution is 8.03. The predicted octanol–water partition coefficient (Wildman–Crippen LogP) is 28.7. The molecule has 1 aromatic rings. The van der Waals surface area contributed by atoms with Gasteiger partial charge in [-0.25, -0.2) is 0 Å². The zero-order chi connectivity index (χ0) is 57.9. The maximum absolute atomic E-state index is 14.0. The lowest BCUT2D eigenvalue weighted by Gasteiger charge is -2.23. The van der Waals surface area contributed by atoms with Crippen LogP contribution in [0.3, 0.4) is 0 Å². The van der Waals surface area contributed by atoms with Crippen molar-refractivity contribution in [1.29, 1.82) is 0 Å². The van der Waals surface area contributed by atoms with Gasteiger partial charge in [-0.15, -0.1) is 47.0 Å². The summed E-state index contributed by atoms with van der Waals surface area (Å²) in [5, 5.41) is -0.746. The molecule has 0 radical (unpaired) electrons. The number of carbonyl (C=O) groups excluding carboxylic acids is 2. The van der Waals surface area contributed by atoms with Crippen molar-refractivity contribution >= 4 is 80.7 Å². The van der Waals surface area contributed by atoms with Crippen LogP contribution >= 0.6 is 70.2 Å². The standard InChI is InChI=1S/C72H132Cl2O2S4/c1-5-9-13-17-21-25-29-33-37-41-45-49-53-57-61-77-67-65(71(73)75)69(79-63-59-55-51-47-43-39-35-31-27-23-19-15-11-7-3)70(80-64-60-56-52-48-44-40-36-32-28-24-20-16-12-8-4)66(72(74)76)68(67)78-62-58-54-50-46-42-38-34-30-26-22-18-14-10-6-2/h5-64H2,1-4H3. The number of rotatable bonds is 66. The molecule has 0 spiro atoms. The summed E-state index contributed by atoms with van der Waals surface area (Å²) in [6.45, 7) is 9.19. The quantitative estimate of drug-likeness (QED) is 0.0367. The van der Waals surface area contributed by atoms with Crippen molar-refractivity contribution in [2.24, 2.45) is 0 Å². The van der Waals surface area contributed by atoms with E-state index >= 15 is 0 Å². The Morgan fingerprint density at radius 3 is 0.438 bits per heavy atom. The summed E-state index contributed by atoms with van der Waals surface area (Å²) < 4.78 is 0. The largest absolute Gasteiger partial charge is 0.276 e. The lowest BCUT2D eigenvalue weighted by molar-refractivity contribution is 0.106. The topological polar surface area (TPSA) is 34.1 Å². The van der Waals surface area contributed by atoms with Crippen LogP contribution in [-0.4, -0.2) is 33.5 Å². The second-order valence-electron chi connectivity index (χ2n) is 24.4. The number of carbonyl (C=O) groups is 2. The molecule has 470 valence electrons. The fourth-order valence-corrected chi connectivity index (χ4v) is 17.4. The first-order valence-electron chi connectivity index (χ1n) is 35.6. The third kappa shape index (κ3) is 46.7. The molecule has 0 aromatic heterocycles. The minimum Gasteiger partial charge on any atom is -0.276 e. The molecule has 0 N–H and O–H groups in total. The van der Waals surface area contributed by atoms with Crippen LogP contribution in [0, 0.1) is 0 Å². The van der Waals surface area contributed by atoms with E-state index in [9.17, 15) is 9.59 Å². The van der Waals surface area contributed by atoms with Gasteiger partial charge in [-0.1, -0.05) is 362 Å². The van der Waals surface area contributed by atoms with Gasteiger partial charge in [0.1, 0.15) is 0 Å². The van der Waals surface area contributed by atoms with Crippen LogP contribution in [0.2, 0.25) is 0 Å². The van der Waals surface area contributed by atoms with Crippen molar-refractivity contribution in [3.8, 4) is 0 Å². The highest BCUT2D eigenvalue weighted by Gasteiger charge is 2.30. The lowest BCUT2D eigenvalue weighted by atomic mass is 10.0. The van der Waals surface area contributed by atoms with E-state index < -0.39 is 0 Å². The second kappa shape index (κ2) is 62.6. The molecule has 0 saturated heterocycles. The summed E-state index contributed by atoms with van der Waals surface area (Å²) in [4.78, 5) is 31.8. The second-order valence-corrected chi connectivity index (χ2v) is 29.5. The molecule has 80 heavy (non-hydrogen) atoms. The van der Waals surface area contributed by atoms with E-state index in [4.69, 9.17) is 23.2 Å². The third-order valence-electron chi connectivity index (χ3n) is 16.7. The zero-order valence-electron chi connectivity index (χ0n) is 53.6. The number of thioether (sulfide) groups is 4. The molecule has 0 aliphatic rings. The zero-order valence-corrected chi connectivity index (χ0v) is 58.4. The molecule has 1 rings (SSSR count). The minimum absolute atomic E-state index is 0.373. The van der Waals surface area contributed by atoms with Crippen LogP contribution in [0.4, 0.5) is 0 Å². The highest BCUT2D eigenvalue weighted by Crippen LogP contribution is 2.49. The number of halogens is 2. The molecule has 0 fully saturated rings. The van der Waals surface area contributed by atoms with Gasteiger partial charge in [-0.05, 0) is 71.9 Å². The van der Waals surface area contributed by atoms with Crippen molar-refractivity contribution in [3.05, 3.63) is 11.1 Å². The van der Waals surface area contributed by atoms with E-state index in [1.54, 1.807) is 47.0 Å². The number of unbranched alkanes of at least 4 members (excludes halogenated alkanes) is 52. The fraction of sp³-hybridized carbons (Fsp3) is 0.889. The van der Waals surface area contributed by atoms with Gasteiger partial charge in [0.05, 0.1) is 11.1 Å². The highest BCUT2D eigenvalue weighted by atomic mass is 35.5. The average Bonchev–Trinajstić information content (AvgIpc) is 3.50. The van der Waals surface area contributed by atoms with Crippen molar-refractivity contribution < 1.29 is 9.59 Å². The van der Waals surface area contributed by atoms with E-state index in [0.29, 0.717) is 11.1 Å². The van der Waals surface area contributed by atoms with Gasteiger partial charge in [0, 0.05) is 19.6 Å². The molecule has 0 aliphatic heterocycles. The van der Waals surface area contributed by atoms with E-state index in [-0.39, 0.29) is 10.5 Å². The van der Waals surface area contributed by atoms with E-state index in [1.807, 2.05) is 0 Å².